The molecule has 0 bridgehead atoms. The van der Waals surface area contributed by atoms with E-state index in [9.17, 15) is 9.59 Å². The Morgan fingerprint density at radius 2 is 1.96 bits per heavy atom. The lowest BCUT2D eigenvalue weighted by molar-refractivity contribution is -0.121. The van der Waals surface area contributed by atoms with Gasteiger partial charge in [0.1, 0.15) is 5.82 Å². The van der Waals surface area contributed by atoms with Gasteiger partial charge < -0.3 is 10.3 Å². The molecule has 0 saturated carbocycles. The van der Waals surface area contributed by atoms with Crippen LogP contribution in [0.2, 0.25) is 0 Å². The number of aryl methyl sites for hydroxylation is 2. The number of nitrogens with zero attached hydrogens (tertiary/aromatic N) is 1. The van der Waals surface area contributed by atoms with E-state index in [0.29, 0.717) is 36.1 Å². The number of rotatable bonds is 6. The van der Waals surface area contributed by atoms with Crippen molar-refractivity contribution in [3.8, 4) is 0 Å². The summed E-state index contributed by atoms with van der Waals surface area (Å²) in [5.41, 5.74) is 2.91. The van der Waals surface area contributed by atoms with Crippen molar-refractivity contribution in [2.45, 2.75) is 26.2 Å². The molecule has 0 atom stereocenters. The third-order valence-electron chi connectivity index (χ3n) is 4.07. The third kappa shape index (κ3) is 4.53. The Hall–Kier alpha value is -2.95. The summed E-state index contributed by atoms with van der Waals surface area (Å²) in [6.45, 7) is 2.66. The predicted octanol–water partition coefficient (Wildman–Crippen LogP) is 2.52. The van der Waals surface area contributed by atoms with Gasteiger partial charge >= 0.3 is 0 Å². The van der Waals surface area contributed by atoms with Gasteiger partial charge in [-0.2, -0.15) is 0 Å². The maximum atomic E-state index is 12.0. The van der Waals surface area contributed by atoms with Crippen LogP contribution in [0.25, 0.3) is 10.9 Å². The minimum Gasteiger partial charge on any atom is -0.356 e. The van der Waals surface area contributed by atoms with Crippen LogP contribution in [0.3, 0.4) is 0 Å². The summed E-state index contributed by atoms with van der Waals surface area (Å²) in [4.78, 5) is 31.2. The molecule has 0 fully saturated rings. The van der Waals surface area contributed by atoms with Crippen LogP contribution < -0.4 is 10.9 Å². The van der Waals surface area contributed by atoms with Gasteiger partial charge in [-0.05, 0) is 31.0 Å². The molecule has 25 heavy (non-hydrogen) atoms. The number of hydrogen-bond acceptors (Lipinski definition) is 3. The van der Waals surface area contributed by atoms with Gasteiger partial charge in [0, 0.05) is 19.4 Å². The number of fused-ring (bicyclic) bond motifs is 1. The molecule has 3 rings (SSSR count). The van der Waals surface area contributed by atoms with E-state index < -0.39 is 0 Å². The highest BCUT2D eigenvalue weighted by Crippen LogP contribution is 2.07. The van der Waals surface area contributed by atoms with Gasteiger partial charge in [-0.25, -0.2) is 4.98 Å². The molecule has 3 aromatic rings. The Morgan fingerprint density at radius 3 is 2.80 bits per heavy atom. The van der Waals surface area contributed by atoms with E-state index in [2.05, 4.69) is 40.4 Å². The fourth-order valence-electron chi connectivity index (χ4n) is 2.79. The van der Waals surface area contributed by atoms with Crippen LogP contribution >= 0.6 is 0 Å². The van der Waals surface area contributed by atoms with Gasteiger partial charge in [-0.1, -0.05) is 42.0 Å². The van der Waals surface area contributed by atoms with Crippen LogP contribution in [0.1, 0.15) is 23.4 Å². The zero-order chi connectivity index (χ0) is 17.6. The molecule has 2 N–H and O–H groups in total. The number of aromatic nitrogens is 2. The number of para-hydroxylation sites is 1. The first kappa shape index (κ1) is 16.9. The number of nitrogens with one attached hydrogen (secondary N) is 2. The first-order valence-electron chi connectivity index (χ1n) is 8.42. The number of hydrogen-bond donors (Lipinski definition) is 2. The van der Waals surface area contributed by atoms with Gasteiger partial charge in [-0.3, -0.25) is 9.59 Å². The van der Waals surface area contributed by atoms with Crippen LogP contribution in [-0.2, 0) is 17.6 Å². The first-order chi connectivity index (χ1) is 12.1. The largest absolute Gasteiger partial charge is 0.356 e. The molecule has 0 aliphatic heterocycles. The standard InChI is InChI=1S/C20H21N3O2/c1-14-5-4-6-15(13-14)11-12-21-19(24)10-9-18-22-17-8-3-2-7-16(17)20(25)23-18/h2-8,13H,9-12H2,1H3,(H,21,24)(H,22,23,25). The summed E-state index contributed by atoms with van der Waals surface area (Å²) in [5, 5.41) is 3.48. The minimum absolute atomic E-state index is 0.0385. The lowest BCUT2D eigenvalue weighted by Crippen LogP contribution is -2.26. The van der Waals surface area contributed by atoms with Crippen molar-refractivity contribution in [1.82, 2.24) is 15.3 Å². The molecule has 1 amide bonds. The van der Waals surface area contributed by atoms with E-state index in [1.165, 1.54) is 11.1 Å². The molecular weight excluding hydrogens is 314 g/mol. The summed E-state index contributed by atoms with van der Waals surface area (Å²) in [6.07, 6.45) is 1.52. The van der Waals surface area contributed by atoms with E-state index in [4.69, 9.17) is 0 Å². The van der Waals surface area contributed by atoms with Crippen LogP contribution in [0.4, 0.5) is 0 Å². The average Bonchev–Trinajstić information content (AvgIpc) is 2.60. The highest BCUT2D eigenvalue weighted by Gasteiger charge is 2.06. The van der Waals surface area contributed by atoms with Gasteiger partial charge in [0.05, 0.1) is 10.9 Å². The maximum absolute atomic E-state index is 12.0. The average molecular weight is 335 g/mol. The van der Waals surface area contributed by atoms with E-state index in [0.717, 1.165) is 6.42 Å². The number of benzene rings is 2. The fraction of sp³-hybridized carbons (Fsp3) is 0.250. The SMILES string of the molecule is Cc1cccc(CCNC(=O)CCc2nc3ccccc3c(=O)[nH]2)c1. The molecule has 1 heterocycles. The van der Waals surface area contributed by atoms with Gasteiger partial charge in [0.25, 0.3) is 5.56 Å². The van der Waals surface area contributed by atoms with Gasteiger partial charge in [0.2, 0.25) is 5.91 Å². The fourth-order valence-corrected chi connectivity index (χ4v) is 2.79. The van der Waals surface area contributed by atoms with Crippen LogP contribution in [0.15, 0.2) is 53.3 Å². The molecule has 0 unspecified atom stereocenters. The number of aromatic amines is 1. The molecule has 0 spiro atoms. The molecule has 0 aliphatic carbocycles. The van der Waals surface area contributed by atoms with Crippen LogP contribution in [0.5, 0.6) is 0 Å². The van der Waals surface area contributed by atoms with E-state index >= 15 is 0 Å². The Morgan fingerprint density at radius 1 is 1.12 bits per heavy atom. The number of carbonyl (C=O) groups excluding carboxylic acids is 1. The second kappa shape index (κ2) is 7.75. The zero-order valence-corrected chi connectivity index (χ0v) is 14.2. The van der Waals surface area contributed by atoms with E-state index in [1.54, 1.807) is 18.2 Å². The summed E-state index contributed by atoms with van der Waals surface area (Å²) in [6, 6.07) is 15.4. The monoisotopic (exact) mass is 335 g/mol. The van der Waals surface area contributed by atoms with Gasteiger partial charge in [-0.15, -0.1) is 0 Å². The second-order valence-electron chi connectivity index (χ2n) is 6.12. The lowest BCUT2D eigenvalue weighted by atomic mass is 10.1. The smallest absolute Gasteiger partial charge is 0.258 e. The quantitative estimate of drug-likeness (QED) is 0.727. The Balaban J connectivity index is 1.51. The van der Waals surface area contributed by atoms with Crippen molar-refractivity contribution in [2.75, 3.05) is 6.54 Å². The maximum Gasteiger partial charge on any atom is 0.258 e. The Kier molecular flexibility index (Phi) is 5.23. The molecule has 2 aromatic carbocycles. The molecular formula is C20H21N3O2. The summed E-state index contributed by atoms with van der Waals surface area (Å²) < 4.78 is 0. The summed E-state index contributed by atoms with van der Waals surface area (Å²) in [7, 11) is 0. The van der Waals surface area contributed by atoms with Gasteiger partial charge in [0.15, 0.2) is 0 Å². The van der Waals surface area contributed by atoms with E-state index in [1.807, 2.05) is 12.1 Å². The molecule has 1 aromatic heterocycles. The zero-order valence-electron chi connectivity index (χ0n) is 14.2. The van der Waals surface area contributed by atoms with Crippen LogP contribution in [-0.4, -0.2) is 22.4 Å². The number of H-pyrrole nitrogens is 1. The van der Waals surface area contributed by atoms with Crippen molar-refractivity contribution in [3.63, 3.8) is 0 Å². The van der Waals surface area contributed by atoms with Crippen molar-refractivity contribution in [1.29, 1.82) is 0 Å². The third-order valence-corrected chi connectivity index (χ3v) is 4.07. The van der Waals surface area contributed by atoms with Crippen molar-refractivity contribution in [2.24, 2.45) is 0 Å². The summed E-state index contributed by atoms with van der Waals surface area (Å²) in [5.74, 6) is 0.501. The van der Waals surface area contributed by atoms with E-state index in [-0.39, 0.29) is 11.5 Å². The van der Waals surface area contributed by atoms with Crippen molar-refractivity contribution in [3.05, 3.63) is 75.8 Å². The first-order valence-corrected chi connectivity index (χ1v) is 8.42. The molecule has 5 nitrogen and oxygen atoms in total. The molecule has 128 valence electrons. The topological polar surface area (TPSA) is 74.8 Å². The highest BCUT2D eigenvalue weighted by atomic mass is 16.1. The summed E-state index contributed by atoms with van der Waals surface area (Å²) >= 11 is 0. The second-order valence-corrected chi connectivity index (χ2v) is 6.12. The van der Waals surface area contributed by atoms with Crippen molar-refractivity contribution < 1.29 is 4.79 Å². The minimum atomic E-state index is -0.166. The molecule has 5 heteroatoms. The number of carbonyl (C=O) groups is 1. The van der Waals surface area contributed by atoms with Crippen molar-refractivity contribution >= 4 is 16.8 Å². The predicted molar refractivity (Wildman–Crippen MR) is 98.6 cm³/mol. The molecule has 0 aliphatic rings. The number of amides is 1. The Labute approximate surface area is 146 Å². The normalized spacial score (nSPS) is 10.8. The molecule has 0 radical (unpaired) electrons. The highest BCUT2D eigenvalue weighted by molar-refractivity contribution is 5.78. The Bertz CT molecular complexity index is 947. The van der Waals surface area contributed by atoms with Crippen LogP contribution in [0, 0.1) is 6.92 Å². The molecule has 0 saturated heterocycles. The lowest BCUT2D eigenvalue weighted by Gasteiger charge is -2.06.